The molecule has 0 saturated carbocycles. The van der Waals surface area contributed by atoms with E-state index in [0.29, 0.717) is 16.9 Å². The molecule has 0 saturated heterocycles. The summed E-state index contributed by atoms with van der Waals surface area (Å²) >= 11 is 4.82. The second kappa shape index (κ2) is 8.67. The zero-order chi connectivity index (χ0) is 15.9. The van der Waals surface area contributed by atoms with Gasteiger partial charge < -0.3 is 5.32 Å². The van der Waals surface area contributed by atoms with Gasteiger partial charge in [0.05, 0.1) is 11.9 Å². The number of alkyl halides is 3. The predicted octanol–water partition coefficient (Wildman–Crippen LogP) is 3.51. The standard InChI is InChI=1S/C12H17BrF3N3OS/c1-21-6-4-2-3-5-17-9-7-18-19(8-12(14,15)16)11(20)10(9)13/h7,17H,2-6,8H2,1H3. The lowest BCUT2D eigenvalue weighted by atomic mass is 10.2. The summed E-state index contributed by atoms with van der Waals surface area (Å²) in [6, 6.07) is 0. The normalized spacial score (nSPS) is 11.7. The van der Waals surface area contributed by atoms with E-state index in [-0.39, 0.29) is 4.47 Å². The zero-order valence-electron chi connectivity index (χ0n) is 11.5. The molecule has 0 fully saturated rings. The molecule has 0 spiro atoms. The van der Waals surface area contributed by atoms with Gasteiger partial charge >= 0.3 is 6.18 Å². The maximum atomic E-state index is 12.3. The summed E-state index contributed by atoms with van der Waals surface area (Å²) in [6.45, 7) is -0.739. The van der Waals surface area contributed by atoms with Crippen molar-refractivity contribution in [1.82, 2.24) is 9.78 Å². The zero-order valence-corrected chi connectivity index (χ0v) is 13.9. The molecule has 0 aliphatic heterocycles. The molecule has 9 heteroatoms. The van der Waals surface area contributed by atoms with Crippen LogP contribution in [0.3, 0.4) is 0 Å². The second-order valence-corrected chi connectivity index (χ2v) is 6.21. The quantitative estimate of drug-likeness (QED) is 0.693. The molecule has 0 atom stereocenters. The summed E-state index contributed by atoms with van der Waals surface area (Å²) in [5, 5.41) is 6.55. The number of aromatic nitrogens is 2. The fourth-order valence-electron chi connectivity index (χ4n) is 1.64. The van der Waals surface area contributed by atoms with E-state index < -0.39 is 18.3 Å². The van der Waals surface area contributed by atoms with Crippen LogP contribution in [-0.4, -0.2) is 34.5 Å². The Balaban J connectivity index is 2.57. The number of thioether (sulfide) groups is 1. The van der Waals surface area contributed by atoms with Gasteiger partial charge in [0.2, 0.25) is 0 Å². The van der Waals surface area contributed by atoms with Crippen molar-refractivity contribution < 1.29 is 13.2 Å². The van der Waals surface area contributed by atoms with E-state index in [2.05, 4.69) is 32.6 Å². The fraction of sp³-hybridized carbons (Fsp3) is 0.667. The lowest BCUT2D eigenvalue weighted by Gasteiger charge is -2.11. The fourth-order valence-corrected chi connectivity index (χ4v) is 2.58. The van der Waals surface area contributed by atoms with E-state index in [1.54, 1.807) is 11.8 Å². The summed E-state index contributed by atoms with van der Waals surface area (Å²) in [6.07, 6.45) is 1.93. The van der Waals surface area contributed by atoms with Crippen LogP contribution in [0.15, 0.2) is 15.5 Å². The summed E-state index contributed by atoms with van der Waals surface area (Å²) in [5.74, 6) is 1.11. The van der Waals surface area contributed by atoms with E-state index in [0.717, 1.165) is 25.0 Å². The average molecular weight is 388 g/mol. The van der Waals surface area contributed by atoms with E-state index in [4.69, 9.17) is 0 Å². The van der Waals surface area contributed by atoms with Crippen molar-refractivity contribution in [3.63, 3.8) is 0 Å². The highest BCUT2D eigenvalue weighted by Gasteiger charge is 2.29. The van der Waals surface area contributed by atoms with E-state index in [9.17, 15) is 18.0 Å². The number of rotatable bonds is 8. The Hall–Kier alpha value is -0.700. The summed E-state index contributed by atoms with van der Waals surface area (Å²) in [5.41, 5.74) is -0.372. The minimum Gasteiger partial charge on any atom is -0.383 e. The van der Waals surface area contributed by atoms with Crippen molar-refractivity contribution in [3.05, 3.63) is 21.0 Å². The summed E-state index contributed by atoms with van der Waals surface area (Å²) in [7, 11) is 0. The third kappa shape index (κ3) is 6.73. The molecule has 1 aromatic heterocycles. The molecule has 4 nitrogen and oxygen atoms in total. The Labute approximate surface area is 133 Å². The van der Waals surface area contributed by atoms with Gasteiger partial charge in [0.1, 0.15) is 11.0 Å². The first-order valence-corrected chi connectivity index (χ1v) is 8.59. The molecule has 0 radical (unpaired) electrons. The third-order valence-corrected chi connectivity index (χ3v) is 4.12. The van der Waals surface area contributed by atoms with E-state index in [1.165, 1.54) is 6.20 Å². The molecule has 0 aromatic carbocycles. The van der Waals surface area contributed by atoms with Crippen molar-refractivity contribution in [3.8, 4) is 0 Å². The van der Waals surface area contributed by atoms with Crippen LogP contribution in [-0.2, 0) is 6.54 Å². The monoisotopic (exact) mass is 387 g/mol. The Morgan fingerprint density at radius 1 is 1.38 bits per heavy atom. The molecule has 0 unspecified atom stereocenters. The lowest BCUT2D eigenvalue weighted by Crippen LogP contribution is -2.31. The van der Waals surface area contributed by atoms with Crippen LogP contribution in [0.1, 0.15) is 19.3 Å². The van der Waals surface area contributed by atoms with Crippen molar-refractivity contribution in [2.24, 2.45) is 0 Å². The maximum Gasteiger partial charge on any atom is 0.408 e. The van der Waals surface area contributed by atoms with Crippen molar-refractivity contribution in [2.75, 3.05) is 23.9 Å². The minimum atomic E-state index is -4.47. The SMILES string of the molecule is CSCCCCCNc1cnn(CC(F)(F)F)c(=O)c1Br. The highest BCUT2D eigenvalue weighted by atomic mass is 79.9. The molecule has 120 valence electrons. The smallest absolute Gasteiger partial charge is 0.383 e. The first-order chi connectivity index (χ1) is 9.85. The van der Waals surface area contributed by atoms with Gasteiger partial charge in [-0.2, -0.15) is 30.0 Å². The van der Waals surface area contributed by atoms with Crippen LogP contribution in [0.4, 0.5) is 18.9 Å². The topological polar surface area (TPSA) is 46.9 Å². The van der Waals surface area contributed by atoms with Gasteiger partial charge in [0.15, 0.2) is 0 Å². The van der Waals surface area contributed by atoms with Gasteiger partial charge in [-0.25, -0.2) is 4.68 Å². The summed E-state index contributed by atoms with van der Waals surface area (Å²) < 4.78 is 37.3. The molecule has 1 N–H and O–H groups in total. The van der Waals surface area contributed by atoms with Crippen LogP contribution < -0.4 is 10.9 Å². The molecule has 0 bridgehead atoms. The first kappa shape index (κ1) is 18.3. The Bertz CT molecular complexity index is 508. The Kier molecular flexibility index (Phi) is 7.58. The first-order valence-electron chi connectivity index (χ1n) is 6.40. The van der Waals surface area contributed by atoms with Gasteiger partial charge in [-0.05, 0) is 40.8 Å². The second-order valence-electron chi connectivity index (χ2n) is 4.43. The van der Waals surface area contributed by atoms with Gasteiger partial charge in [-0.1, -0.05) is 6.42 Å². The largest absolute Gasteiger partial charge is 0.408 e. The van der Waals surface area contributed by atoms with E-state index >= 15 is 0 Å². The molecule has 21 heavy (non-hydrogen) atoms. The minimum absolute atomic E-state index is 0.0749. The molecule has 1 aromatic rings. The number of nitrogens with zero attached hydrogens (tertiary/aromatic N) is 2. The number of hydrogen-bond acceptors (Lipinski definition) is 4. The van der Waals surface area contributed by atoms with Crippen molar-refractivity contribution >= 4 is 33.4 Å². The van der Waals surface area contributed by atoms with Crippen LogP contribution in [0.25, 0.3) is 0 Å². The number of unbranched alkanes of at least 4 members (excludes halogenated alkanes) is 2. The van der Waals surface area contributed by atoms with Gasteiger partial charge in [0.25, 0.3) is 5.56 Å². The number of anilines is 1. The summed E-state index contributed by atoms with van der Waals surface area (Å²) in [4.78, 5) is 11.8. The highest BCUT2D eigenvalue weighted by molar-refractivity contribution is 9.10. The Morgan fingerprint density at radius 3 is 2.71 bits per heavy atom. The molecular formula is C12H17BrF3N3OS. The highest BCUT2D eigenvalue weighted by Crippen LogP contribution is 2.19. The van der Waals surface area contributed by atoms with Gasteiger partial charge in [-0.15, -0.1) is 0 Å². The molecular weight excluding hydrogens is 371 g/mol. The predicted molar refractivity (Wildman–Crippen MR) is 83.0 cm³/mol. The molecule has 1 rings (SSSR count). The van der Waals surface area contributed by atoms with Crippen LogP contribution in [0.2, 0.25) is 0 Å². The number of hydrogen-bond donors (Lipinski definition) is 1. The van der Waals surface area contributed by atoms with Crippen LogP contribution in [0.5, 0.6) is 0 Å². The number of halogens is 4. The molecule has 0 aliphatic rings. The number of nitrogens with one attached hydrogen (secondary N) is 1. The third-order valence-electron chi connectivity index (χ3n) is 2.65. The van der Waals surface area contributed by atoms with Gasteiger partial charge in [-0.3, -0.25) is 4.79 Å². The lowest BCUT2D eigenvalue weighted by molar-refractivity contribution is -0.143. The molecule has 1 heterocycles. The van der Waals surface area contributed by atoms with E-state index in [1.807, 2.05) is 0 Å². The molecule has 0 amide bonds. The van der Waals surface area contributed by atoms with Crippen molar-refractivity contribution in [2.45, 2.75) is 32.0 Å². The van der Waals surface area contributed by atoms with Gasteiger partial charge in [0, 0.05) is 6.54 Å². The van der Waals surface area contributed by atoms with Crippen molar-refractivity contribution in [1.29, 1.82) is 0 Å². The van der Waals surface area contributed by atoms with Crippen LogP contribution >= 0.6 is 27.7 Å². The Morgan fingerprint density at radius 2 is 2.10 bits per heavy atom. The average Bonchev–Trinajstić information content (AvgIpc) is 2.40. The molecule has 0 aliphatic carbocycles. The van der Waals surface area contributed by atoms with Crippen LogP contribution in [0, 0.1) is 0 Å². The maximum absolute atomic E-state index is 12.3.